The largest absolute Gasteiger partial charge is 0.322 e. The van der Waals surface area contributed by atoms with Gasteiger partial charge in [-0.3, -0.25) is 4.79 Å². The Labute approximate surface area is 134 Å². The lowest BCUT2D eigenvalue weighted by Gasteiger charge is -2.11. The quantitative estimate of drug-likeness (QED) is 0.881. The second kappa shape index (κ2) is 6.89. The van der Waals surface area contributed by atoms with E-state index >= 15 is 0 Å². The van der Waals surface area contributed by atoms with E-state index in [1.165, 1.54) is 42.5 Å². The van der Waals surface area contributed by atoms with Crippen molar-refractivity contribution < 1.29 is 17.6 Å². The number of sulfonamides is 1. The molecule has 0 aromatic heterocycles. The van der Waals surface area contributed by atoms with E-state index in [1.807, 2.05) is 0 Å². The molecule has 2 aromatic rings. The molecule has 2 N–H and O–H groups in total. The third-order valence-electron chi connectivity index (χ3n) is 2.88. The van der Waals surface area contributed by atoms with E-state index in [-0.39, 0.29) is 16.5 Å². The molecule has 2 aromatic carbocycles. The zero-order valence-corrected chi connectivity index (χ0v) is 13.5. The molecule has 5 nitrogen and oxygen atoms in total. The molecule has 0 spiro atoms. The Bertz CT molecular complexity index is 820. The summed E-state index contributed by atoms with van der Waals surface area (Å²) in [5.41, 5.74) is 0.462. The van der Waals surface area contributed by atoms with Crippen molar-refractivity contribution in [2.24, 2.45) is 0 Å². The van der Waals surface area contributed by atoms with Gasteiger partial charge in [0.25, 0.3) is 5.91 Å². The van der Waals surface area contributed by atoms with Gasteiger partial charge in [0.05, 0.1) is 4.90 Å². The maximum atomic E-state index is 13.1. The Balaban J connectivity index is 2.24. The zero-order valence-electron chi connectivity index (χ0n) is 12.7. The van der Waals surface area contributed by atoms with Crippen molar-refractivity contribution in [1.82, 2.24) is 4.72 Å². The third-order valence-corrected chi connectivity index (χ3v) is 4.54. The van der Waals surface area contributed by atoms with Crippen LogP contribution in [0.15, 0.2) is 53.4 Å². The lowest BCUT2D eigenvalue weighted by Crippen LogP contribution is -2.30. The first-order chi connectivity index (χ1) is 10.8. The second-order valence-electron chi connectivity index (χ2n) is 5.27. The Morgan fingerprint density at radius 2 is 1.78 bits per heavy atom. The fourth-order valence-electron chi connectivity index (χ4n) is 1.95. The number of rotatable bonds is 5. The summed E-state index contributed by atoms with van der Waals surface area (Å²) in [6.45, 7) is 3.41. The number of benzene rings is 2. The van der Waals surface area contributed by atoms with Gasteiger partial charge in [-0.1, -0.05) is 12.1 Å². The number of carbonyl (C=O) groups is 1. The Morgan fingerprint density at radius 3 is 2.43 bits per heavy atom. The standard InChI is InChI=1S/C16H17FN2O3S/c1-11(2)19-23(21,22)15-8-3-5-12(9-15)16(20)18-14-7-4-6-13(17)10-14/h3-11,19H,1-2H3,(H,18,20). The fraction of sp³-hybridized carbons (Fsp3) is 0.188. The molecule has 122 valence electrons. The molecule has 0 radical (unpaired) electrons. The van der Waals surface area contributed by atoms with E-state index in [0.29, 0.717) is 5.69 Å². The van der Waals surface area contributed by atoms with E-state index in [4.69, 9.17) is 0 Å². The number of halogens is 1. The summed E-state index contributed by atoms with van der Waals surface area (Å²) in [5, 5.41) is 2.52. The molecule has 0 fully saturated rings. The Hall–Kier alpha value is -2.25. The number of hydrogen-bond donors (Lipinski definition) is 2. The molecule has 0 saturated carbocycles. The predicted octanol–water partition coefficient (Wildman–Crippen LogP) is 2.76. The summed E-state index contributed by atoms with van der Waals surface area (Å²) >= 11 is 0. The van der Waals surface area contributed by atoms with Crippen LogP contribution >= 0.6 is 0 Å². The van der Waals surface area contributed by atoms with Gasteiger partial charge in [0.2, 0.25) is 10.0 Å². The van der Waals surface area contributed by atoms with Crippen LogP contribution in [0.4, 0.5) is 10.1 Å². The van der Waals surface area contributed by atoms with Crippen LogP contribution in [0.3, 0.4) is 0 Å². The Kier molecular flexibility index (Phi) is 5.12. The first-order valence-electron chi connectivity index (χ1n) is 6.97. The molecule has 0 bridgehead atoms. The molecule has 7 heteroatoms. The third kappa shape index (κ3) is 4.61. The van der Waals surface area contributed by atoms with E-state index < -0.39 is 21.7 Å². The monoisotopic (exact) mass is 336 g/mol. The SMILES string of the molecule is CC(C)NS(=O)(=O)c1cccc(C(=O)Nc2cccc(F)c2)c1. The molecule has 0 unspecified atom stereocenters. The van der Waals surface area contributed by atoms with Gasteiger partial charge in [-0.25, -0.2) is 17.5 Å². The molecular weight excluding hydrogens is 319 g/mol. The zero-order chi connectivity index (χ0) is 17.0. The van der Waals surface area contributed by atoms with Crippen LogP contribution < -0.4 is 10.0 Å². The summed E-state index contributed by atoms with van der Waals surface area (Å²) in [6.07, 6.45) is 0. The second-order valence-corrected chi connectivity index (χ2v) is 6.98. The van der Waals surface area contributed by atoms with E-state index in [2.05, 4.69) is 10.0 Å². The summed E-state index contributed by atoms with van der Waals surface area (Å²) in [5.74, 6) is -0.988. The van der Waals surface area contributed by atoms with Gasteiger partial charge in [-0.15, -0.1) is 0 Å². The normalized spacial score (nSPS) is 11.5. The molecule has 0 atom stereocenters. The number of anilines is 1. The lowest BCUT2D eigenvalue weighted by atomic mass is 10.2. The lowest BCUT2D eigenvalue weighted by molar-refractivity contribution is 0.102. The molecule has 0 saturated heterocycles. The van der Waals surface area contributed by atoms with Crippen LogP contribution in [0.25, 0.3) is 0 Å². The summed E-state index contributed by atoms with van der Waals surface area (Å²) in [7, 11) is -3.69. The highest BCUT2D eigenvalue weighted by Crippen LogP contribution is 2.15. The highest BCUT2D eigenvalue weighted by molar-refractivity contribution is 7.89. The molecular formula is C16H17FN2O3S. The van der Waals surface area contributed by atoms with Crippen molar-refractivity contribution in [2.75, 3.05) is 5.32 Å². The fourth-order valence-corrected chi connectivity index (χ4v) is 3.25. The summed E-state index contributed by atoms with van der Waals surface area (Å²) < 4.78 is 39.8. The molecule has 1 amide bonds. The number of hydrogen-bond acceptors (Lipinski definition) is 3. The molecule has 2 rings (SSSR count). The summed E-state index contributed by atoms with van der Waals surface area (Å²) in [6, 6.07) is 10.9. The smallest absolute Gasteiger partial charge is 0.255 e. The number of carbonyl (C=O) groups excluding carboxylic acids is 1. The van der Waals surface area contributed by atoms with Crippen LogP contribution in [-0.2, 0) is 10.0 Å². The van der Waals surface area contributed by atoms with Crippen LogP contribution in [-0.4, -0.2) is 20.4 Å². The molecule has 0 aliphatic carbocycles. The predicted molar refractivity (Wildman–Crippen MR) is 86.3 cm³/mol. The van der Waals surface area contributed by atoms with Crippen molar-refractivity contribution in [3.8, 4) is 0 Å². The van der Waals surface area contributed by atoms with Gasteiger partial charge in [-0.2, -0.15) is 0 Å². The van der Waals surface area contributed by atoms with Crippen molar-refractivity contribution in [3.05, 3.63) is 59.9 Å². The highest BCUT2D eigenvalue weighted by atomic mass is 32.2. The van der Waals surface area contributed by atoms with Crippen molar-refractivity contribution in [2.45, 2.75) is 24.8 Å². The van der Waals surface area contributed by atoms with Gasteiger partial charge in [0, 0.05) is 17.3 Å². The highest BCUT2D eigenvalue weighted by Gasteiger charge is 2.17. The van der Waals surface area contributed by atoms with E-state index in [1.54, 1.807) is 19.9 Å². The first-order valence-corrected chi connectivity index (χ1v) is 8.45. The number of nitrogens with one attached hydrogen (secondary N) is 2. The van der Waals surface area contributed by atoms with Crippen molar-refractivity contribution in [3.63, 3.8) is 0 Å². The first kappa shape index (κ1) is 17.1. The topological polar surface area (TPSA) is 75.3 Å². The summed E-state index contributed by atoms with van der Waals surface area (Å²) in [4.78, 5) is 12.2. The molecule has 0 aliphatic heterocycles. The minimum absolute atomic E-state index is 0.00177. The van der Waals surface area contributed by atoms with E-state index in [0.717, 1.165) is 0 Å². The minimum Gasteiger partial charge on any atom is -0.322 e. The molecule has 23 heavy (non-hydrogen) atoms. The maximum Gasteiger partial charge on any atom is 0.255 e. The molecule has 0 heterocycles. The van der Waals surface area contributed by atoms with Crippen molar-refractivity contribution in [1.29, 1.82) is 0 Å². The van der Waals surface area contributed by atoms with Gasteiger partial charge < -0.3 is 5.32 Å². The van der Waals surface area contributed by atoms with Crippen LogP contribution in [0.5, 0.6) is 0 Å². The Morgan fingerprint density at radius 1 is 1.09 bits per heavy atom. The van der Waals surface area contributed by atoms with Gasteiger partial charge >= 0.3 is 0 Å². The minimum atomic E-state index is -3.69. The van der Waals surface area contributed by atoms with Gasteiger partial charge in [-0.05, 0) is 50.2 Å². The van der Waals surface area contributed by atoms with Crippen LogP contribution in [0.2, 0.25) is 0 Å². The maximum absolute atomic E-state index is 13.1. The van der Waals surface area contributed by atoms with Crippen LogP contribution in [0, 0.1) is 5.82 Å². The van der Waals surface area contributed by atoms with Gasteiger partial charge in [0.15, 0.2) is 0 Å². The van der Waals surface area contributed by atoms with Crippen molar-refractivity contribution >= 4 is 21.6 Å². The molecule has 0 aliphatic rings. The van der Waals surface area contributed by atoms with E-state index in [9.17, 15) is 17.6 Å². The van der Waals surface area contributed by atoms with Gasteiger partial charge in [0.1, 0.15) is 5.82 Å². The number of amides is 1. The average Bonchev–Trinajstić information content (AvgIpc) is 2.46. The van der Waals surface area contributed by atoms with Crippen LogP contribution in [0.1, 0.15) is 24.2 Å². The average molecular weight is 336 g/mol.